The van der Waals surface area contributed by atoms with Gasteiger partial charge in [0.05, 0.1) is 5.57 Å². The zero-order chi connectivity index (χ0) is 31.0. The molecule has 12 nitrogen and oxygen atoms in total. The van der Waals surface area contributed by atoms with Crippen LogP contribution in [0.1, 0.15) is 31.8 Å². The van der Waals surface area contributed by atoms with Crippen LogP contribution in [0.5, 0.6) is 11.5 Å². The van der Waals surface area contributed by atoms with E-state index in [1.807, 2.05) is 0 Å². The minimum absolute atomic E-state index is 0.153. The molecule has 0 aromatic heterocycles. The van der Waals surface area contributed by atoms with Crippen LogP contribution in [-0.2, 0) is 25.6 Å². The Kier molecular flexibility index (Phi) is 5.88. The van der Waals surface area contributed by atoms with Gasteiger partial charge in [-0.15, -0.1) is 33.4 Å². The first kappa shape index (κ1) is 20.4. The van der Waals surface area contributed by atoms with Crippen LogP contribution in [0, 0.1) is 20.2 Å². The molecule has 2 unspecified atom stereocenters. The molecule has 1 aromatic carbocycles. The molecule has 0 spiro atoms. The second-order valence-corrected chi connectivity index (χ2v) is 6.34. The SMILES string of the molecule is [2H]C([2H])([2H])C([2H])([2H])c1cc(OC(F)(F)F)cc2c1OC(C(F)(F)F)C(C(=O)OC(C)C(O[N+](=O)[O-])O[N+](=O)[O-])=C2. The van der Waals surface area contributed by atoms with Crippen molar-refractivity contribution in [1.82, 2.24) is 0 Å². The van der Waals surface area contributed by atoms with Gasteiger partial charge in [-0.25, -0.2) is 4.79 Å². The minimum atomic E-state index is -5.54. The van der Waals surface area contributed by atoms with E-state index in [0.717, 1.165) is 0 Å². The summed E-state index contributed by atoms with van der Waals surface area (Å²) in [6.07, 6.45) is -22.5. The van der Waals surface area contributed by atoms with E-state index in [2.05, 4.69) is 19.1 Å². The first-order chi connectivity index (χ1) is 17.9. The molecule has 2 atom stereocenters. The van der Waals surface area contributed by atoms with Gasteiger partial charge in [-0.05, 0) is 37.1 Å². The summed E-state index contributed by atoms with van der Waals surface area (Å²) in [5.41, 5.74) is -3.77. The number of ether oxygens (including phenoxy) is 3. The third kappa shape index (κ3) is 7.24. The number of rotatable bonds is 9. The van der Waals surface area contributed by atoms with Crippen molar-refractivity contribution in [2.24, 2.45) is 0 Å². The molecule has 1 aromatic rings. The van der Waals surface area contributed by atoms with Gasteiger partial charge in [0.2, 0.25) is 6.10 Å². The van der Waals surface area contributed by atoms with Crippen molar-refractivity contribution in [1.29, 1.82) is 0 Å². The molecule has 0 N–H and O–H groups in total. The second-order valence-electron chi connectivity index (χ2n) is 6.34. The van der Waals surface area contributed by atoms with Crippen molar-refractivity contribution in [3.63, 3.8) is 0 Å². The van der Waals surface area contributed by atoms with E-state index in [9.17, 15) is 51.4 Å². The fourth-order valence-corrected chi connectivity index (χ4v) is 2.63. The monoisotopic (exact) mass is 525 g/mol. The lowest BCUT2D eigenvalue weighted by atomic mass is 9.97. The zero-order valence-corrected chi connectivity index (χ0v) is 16.7. The van der Waals surface area contributed by atoms with Crippen LogP contribution in [0.2, 0.25) is 0 Å². The number of aryl methyl sites for hydroxylation is 1. The lowest BCUT2D eigenvalue weighted by molar-refractivity contribution is -0.853. The summed E-state index contributed by atoms with van der Waals surface area (Å²) in [6.45, 7) is -2.98. The van der Waals surface area contributed by atoms with E-state index in [4.69, 9.17) is 11.6 Å². The summed E-state index contributed by atoms with van der Waals surface area (Å²) >= 11 is 0. The molecule has 35 heavy (non-hydrogen) atoms. The van der Waals surface area contributed by atoms with Gasteiger partial charge in [-0.2, -0.15) is 13.2 Å². The van der Waals surface area contributed by atoms with Crippen LogP contribution in [-0.4, -0.2) is 47.2 Å². The number of nitrogens with zero attached hydrogens (tertiary/aromatic N) is 2. The molecule has 0 fully saturated rings. The normalized spacial score (nSPS) is 19.3. The maximum atomic E-state index is 13.9. The Bertz CT molecular complexity index is 1190. The average molecular weight is 525 g/mol. The van der Waals surface area contributed by atoms with E-state index in [-0.39, 0.29) is 12.1 Å². The quantitative estimate of drug-likeness (QED) is 0.154. The highest BCUT2D eigenvalue weighted by Gasteiger charge is 2.50. The maximum absolute atomic E-state index is 13.9. The molecule has 1 aliphatic rings. The fourth-order valence-electron chi connectivity index (χ4n) is 2.63. The van der Waals surface area contributed by atoms with Crippen molar-refractivity contribution in [3.8, 4) is 11.5 Å². The van der Waals surface area contributed by atoms with E-state index in [1.54, 1.807) is 0 Å². The number of fused-ring (bicyclic) bond motifs is 1. The molecule has 0 bridgehead atoms. The molecule has 0 radical (unpaired) electrons. The largest absolute Gasteiger partial charge is 0.573 e. The van der Waals surface area contributed by atoms with Crippen molar-refractivity contribution in [3.05, 3.63) is 49.1 Å². The van der Waals surface area contributed by atoms with Gasteiger partial charge >= 0.3 is 18.5 Å². The topological polar surface area (TPSA) is 150 Å². The van der Waals surface area contributed by atoms with Gasteiger partial charge < -0.3 is 14.2 Å². The summed E-state index contributed by atoms with van der Waals surface area (Å²) in [5, 5.41) is 17.8. The lowest BCUT2D eigenvalue weighted by Gasteiger charge is -2.30. The Balaban J connectivity index is 2.69. The Morgan fingerprint density at radius 2 is 1.80 bits per heavy atom. The van der Waals surface area contributed by atoms with Crippen LogP contribution < -0.4 is 9.47 Å². The summed E-state index contributed by atoms with van der Waals surface area (Å²) in [6, 6.07) is 0.500. The number of hydrogen-bond acceptors (Lipinski definition) is 10. The average Bonchev–Trinajstić information content (AvgIpc) is 2.73. The first-order valence-corrected chi connectivity index (χ1v) is 8.66. The van der Waals surface area contributed by atoms with Gasteiger partial charge in [0.1, 0.15) is 11.5 Å². The first-order valence-electron chi connectivity index (χ1n) is 11.2. The Labute approximate surface area is 197 Å². The van der Waals surface area contributed by atoms with Crippen molar-refractivity contribution < 1.29 is 72.0 Å². The van der Waals surface area contributed by atoms with Gasteiger partial charge in [-0.1, -0.05) is 6.85 Å². The Morgan fingerprint density at radius 3 is 2.29 bits per heavy atom. The van der Waals surface area contributed by atoms with E-state index < -0.39 is 88.6 Å². The molecular weight excluding hydrogens is 506 g/mol. The summed E-state index contributed by atoms with van der Waals surface area (Å²) < 4.78 is 131. The van der Waals surface area contributed by atoms with E-state index >= 15 is 0 Å². The Morgan fingerprint density at radius 1 is 1.20 bits per heavy atom. The predicted molar refractivity (Wildman–Crippen MR) is 96.5 cm³/mol. The summed E-state index contributed by atoms with van der Waals surface area (Å²) in [5.74, 6) is -4.56. The summed E-state index contributed by atoms with van der Waals surface area (Å²) in [7, 11) is 0. The number of benzene rings is 1. The van der Waals surface area contributed by atoms with Gasteiger partial charge in [0.25, 0.3) is 16.5 Å². The molecule has 0 saturated heterocycles. The van der Waals surface area contributed by atoms with Crippen LogP contribution >= 0.6 is 0 Å². The third-order valence-corrected chi connectivity index (χ3v) is 3.88. The Hall–Kier alpha value is -3.99. The molecule has 0 saturated carbocycles. The van der Waals surface area contributed by atoms with E-state index in [0.29, 0.717) is 13.0 Å². The maximum Gasteiger partial charge on any atom is 0.573 e. The van der Waals surface area contributed by atoms with Crippen molar-refractivity contribution >= 4 is 12.0 Å². The number of alkyl halides is 6. The fraction of sp³-hybridized carbons (Fsp3) is 0.471. The molecule has 18 heteroatoms. The standard InChI is InChI=1S/C17H14F6N2O10/c1-3-8-4-10(33-17(21,22)23)5-9-6-11(13(16(18,19)20)32-12(8)9)14(26)31-7(2)15(34-24(27)28)35-25(29)30/h4-7,13,15H,3H2,1-2H3/i1D3,3D2. The zero-order valence-electron chi connectivity index (χ0n) is 21.7. The molecule has 1 heterocycles. The minimum Gasteiger partial charge on any atom is -0.475 e. The number of hydrogen-bond donors (Lipinski definition) is 0. The summed E-state index contributed by atoms with van der Waals surface area (Å²) in [4.78, 5) is 41.2. The van der Waals surface area contributed by atoms with Crippen molar-refractivity contribution in [2.75, 3.05) is 0 Å². The number of halogens is 6. The van der Waals surface area contributed by atoms with Crippen LogP contribution in [0.25, 0.3) is 6.08 Å². The molecule has 0 aliphatic carbocycles. The van der Waals surface area contributed by atoms with Crippen LogP contribution in [0.3, 0.4) is 0 Å². The number of carbonyl (C=O) groups excluding carboxylic acids is 1. The molecule has 194 valence electrons. The molecular formula is C17H14F6N2O10. The molecule has 2 rings (SSSR count). The third-order valence-electron chi connectivity index (χ3n) is 3.88. The molecule has 0 amide bonds. The number of carbonyl (C=O) groups is 1. The van der Waals surface area contributed by atoms with Crippen LogP contribution in [0.15, 0.2) is 17.7 Å². The highest BCUT2D eigenvalue weighted by atomic mass is 19.4. The van der Waals surface area contributed by atoms with Gasteiger partial charge in [-0.3, -0.25) is 9.68 Å². The highest BCUT2D eigenvalue weighted by molar-refractivity contribution is 5.96. The van der Waals surface area contributed by atoms with Crippen molar-refractivity contribution in [2.45, 2.75) is 51.2 Å². The van der Waals surface area contributed by atoms with E-state index in [1.165, 1.54) is 0 Å². The molecule has 1 aliphatic heterocycles. The highest BCUT2D eigenvalue weighted by Crippen LogP contribution is 2.42. The lowest BCUT2D eigenvalue weighted by Crippen LogP contribution is -2.43. The predicted octanol–water partition coefficient (Wildman–Crippen LogP) is 3.53. The van der Waals surface area contributed by atoms with Crippen LogP contribution in [0.4, 0.5) is 26.3 Å². The second kappa shape index (κ2) is 10.1. The van der Waals surface area contributed by atoms with Gasteiger partial charge in [0, 0.05) is 12.4 Å². The number of esters is 1. The van der Waals surface area contributed by atoms with Gasteiger partial charge in [0.15, 0.2) is 6.10 Å². The smallest absolute Gasteiger partial charge is 0.475 e.